The molecular formula is C13H22O3. The standard InChI is InChI=1S/C11H16O3.C2H6/c1-12-7-8-13-9-10-14-11-5-3-2-4-6-11;1-2/h2-6H,7-10H2,1H3;1-2H3. The van der Waals surface area contributed by atoms with Crippen LogP contribution in [0.4, 0.5) is 0 Å². The number of para-hydroxylation sites is 1. The van der Waals surface area contributed by atoms with Gasteiger partial charge in [0.05, 0.1) is 19.8 Å². The predicted molar refractivity (Wildman–Crippen MR) is 66.0 cm³/mol. The van der Waals surface area contributed by atoms with Gasteiger partial charge in [0.2, 0.25) is 0 Å². The summed E-state index contributed by atoms with van der Waals surface area (Å²) < 4.78 is 15.5. The Bertz CT molecular complexity index is 224. The first-order valence-electron chi connectivity index (χ1n) is 5.68. The Morgan fingerprint density at radius 2 is 1.50 bits per heavy atom. The zero-order chi connectivity index (χ0) is 12.1. The maximum absolute atomic E-state index is 5.42. The van der Waals surface area contributed by atoms with Crippen molar-refractivity contribution in [1.29, 1.82) is 0 Å². The lowest BCUT2D eigenvalue weighted by atomic mass is 10.3. The van der Waals surface area contributed by atoms with Crippen LogP contribution in [0.5, 0.6) is 5.75 Å². The molecule has 0 spiro atoms. The van der Waals surface area contributed by atoms with Crippen LogP contribution in [0.1, 0.15) is 13.8 Å². The third-order valence-corrected chi connectivity index (χ3v) is 1.67. The molecule has 0 unspecified atom stereocenters. The molecule has 0 heterocycles. The van der Waals surface area contributed by atoms with Crippen molar-refractivity contribution in [3.63, 3.8) is 0 Å². The first-order chi connectivity index (χ1) is 7.93. The minimum atomic E-state index is 0.577. The zero-order valence-corrected chi connectivity index (χ0v) is 10.4. The number of benzene rings is 1. The van der Waals surface area contributed by atoms with E-state index in [2.05, 4.69) is 0 Å². The maximum Gasteiger partial charge on any atom is 0.119 e. The van der Waals surface area contributed by atoms with Crippen molar-refractivity contribution in [3.8, 4) is 5.75 Å². The normalized spacial score (nSPS) is 9.19. The second kappa shape index (κ2) is 12.0. The van der Waals surface area contributed by atoms with Gasteiger partial charge in [-0.2, -0.15) is 0 Å². The van der Waals surface area contributed by atoms with Crippen LogP contribution in [0.15, 0.2) is 30.3 Å². The summed E-state index contributed by atoms with van der Waals surface area (Å²) in [6.07, 6.45) is 0. The minimum absolute atomic E-state index is 0.577. The molecule has 16 heavy (non-hydrogen) atoms. The molecule has 0 radical (unpaired) electrons. The highest BCUT2D eigenvalue weighted by atomic mass is 16.5. The average molecular weight is 226 g/mol. The molecule has 0 saturated heterocycles. The van der Waals surface area contributed by atoms with E-state index in [0.717, 1.165) is 5.75 Å². The molecule has 0 saturated carbocycles. The van der Waals surface area contributed by atoms with Crippen molar-refractivity contribution in [2.75, 3.05) is 33.5 Å². The fourth-order valence-corrected chi connectivity index (χ4v) is 0.979. The maximum atomic E-state index is 5.42. The Kier molecular flexibility index (Phi) is 11.2. The van der Waals surface area contributed by atoms with Crippen LogP contribution in [-0.4, -0.2) is 33.5 Å². The van der Waals surface area contributed by atoms with Gasteiger partial charge in [-0.15, -0.1) is 0 Å². The van der Waals surface area contributed by atoms with Crippen LogP contribution in [0, 0.1) is 0 Å². The number of ether oxygens (including phenoxy) is 3. The first-order valence-corrected chi connectivity index (χ1v) is 5.68. The van der Waals surface area contributed by atoms with Gasteiger partial charge >= 0.3 is 0 Å². The van der Waals surface area contributed by atoms with Crippen LogP contribution >= 0.6 is 0 Å². The van der Waals surface area contributed by atoms with Crippen molar-refractivity contribution in [1.82, 2.24) is 0 Å². The van der Waals surface area contributed by atoms with E-state index in [9.17, 15) is 0 Å². The van der Waals surface area contributed by atoms with Crippen molar-refractivity contribution in [2.45, 2.75) is 13.8 Å². The number of hydrogen-bond donors (Lipinski definition) is 0. The van der Waals surface area contributed by atoms with Gasteiger partial charge in [-0.25, -0.2) is 0 Å². The van der Waals surface area contributed by atoms with E-state index in [-0.39, 0.29) is 0 Å². The van der Waals surface area contributed by atoms with E-state index in [1.54, 1.807) is 7.11 Å². The highest BCUT2D eigenvalue weighted by Gasteiger charge is 1.91. The topological polar surface area (TPSA) is 27.7 Å². The SMILES string of the molecule is CC.COCCOCCOc1ccccc1. The van der Waals surface area contributed by atoms with Crippen LogP contribution in [0.25, 0.3) is 0 Å². The van der Waals surface area contributed by atoms with Gasteiger partial charge in [0.15, 0.2) is 0 Å². The summed E-state index contributed by atoms with van der Waals surface area (Å²) >= 11 is 0. The third kappa shape index (κ3) is 8.26. The summed E-state index contributed by atoms with van der Waals surface area (Å²) in [5.41, 5.74) is 0. The molecule has 0 atom stereocenters. The highest BCUT2D eigenvalue weighted by molar-refractivity contribution is 5.20. The molecule has 0 fully saturated rings. The first kappa shape index (κ1) is 14.9. The van der Waals surface area contributed by atoms with E-state index in [4.69, 9.17) is 14.2 Å². The van der Waals surface area contributed by atoms with Crippen molar-refractivity contribution in [2.24, 2.45) is 0 Å². The second-order valence-corrected chi connectivity index (χ2v) is 2.77. The van der Waals surface area contributed by atoms with E-state index in [0.29, 0.717) is 26.4 Å². The molecule has 92 valence electrons. The Morgan fingerprint density at radius 1 is 0.875 bits per heavy atom. The molecule has 1 rings (SSSR count). The fourth-order valence-electron chi connectivity index (χ4n) is 0.979. The Labute approximate surface area is 98.3 Å². The molecule has 0 bridgehead atoms. The molecule has 1 aromatic rings. The fraction of sp³-hybridized carbons (Fsp3) is 0.538. The molecule has 0 N–H and O–H groups in total. The Morgan fingerprint density at radius 3 is 2.12 bits per heavy atom. The number of hydrogen-bond acceptors (Lipinski definition) is 3. The van der Waals surface area contributed by atoms with Gasteiger partial charge in [0, 0.05) is 7.11 Å². The summed E-state index contributed by atoms with van der Waals surface area (Å²) in [6, 6.07) is 9.70. The summed E-state index contributed by atoms with van der Waals surface area (Å²) in [7, 11) is 1.66. The summed E-state index contributed by atoms with van der Waals surface area (Å²) in [4.78, 5) is 0. The summed E-state index contributed by atoms with van der Waals surface area (Å²) in [5, 5.41) is 0. The minimum Gasteiger partial charge on any atom is -0.491 e. The van der Waals surface area contributed by atoms with Gasteiger partial charge in [0.25, 0.3) is 0 Å². The molecule has 0 aromatic heterocycles. The van der Waals surface area contributed by atoms with Crippen molar-refractivity contribution < 1.29 is 14.2 Å². The van der Waals surface area contributed by atoms with Crippen LogP contribution < -0.4 is 4.74 Å². The van der Waals surface area contributed by atoms with Gasteiger partial charge in [-0.05, 0) is 12.1 Å². The van der Waals surface area contributed by atoms with Crippen molar-refractivity contribution in [3.05, 3.63) is 30.3 Å². The molecule has 0 aliphatic carbocycles. The average Bonchev–Trinajstić information content (AvgIpc) is 2.37. The van der Waals surface area contributed by atoms with E-state index in [1.165, 1.54) is 0 Å². The van der Waals surface area contributed by atoms with Crippen LogP contribution in [0.2, 0.25) is 0 Å². The lowest BCUT2D eigenvalue weighted by Gasteiger charge is -2.06. The highest BCUT2D eigenvalue weighted by Crippen LogP contribution is 2.07. The van der Waals surface area contributed by atoms with Gasteiger partial charge in [-0.3, -0.25) is 0 Å². The number of methoxy groups -OCH3 is 1. The smallest absolute Gasteiger partial charge is 0.119 e. The quantitative estimate of drug-likeness (QED) is 0.669. The largest absolute Gasteiger partial charge is 0.491 e. The Hall–Kier alpha value is -1.06. The van der Waals surface area contributed by atoms with Crippen molar-refractivity contribution >= 4 is 0 Å². The molecule has 3 heteroatoms. The molecule has 0 amide bonds. The van der Waals surface area contributed by atoms with Gasteiger partial charge < -0.3 is 14.2 Å². The Balaban J connectivity index is 0.00000106. The van der Waals surface area contributed by atoms with Crippen LogP contribution in [-0.2, 0) is 9.47 Å². The van der Waals surface area contributed by atoms with E-state index < -0.39 is 0 Å². The molecule has 3 nitrogen and oxygen atoms in total. The van der Waals surface area contributed by atoms with E-state index in [1.807, 2.05) is 44.2 Å². The van der Waals surface area contributed by atoms with Crippen LogP contribution in [0.3, 0.4) is 0 Å². The lowest BCUT2D eigenvalue weighted by molar-refractivity contribution is 0.0544. The predicted octanol–water partition coefficient (Wildman–Crippen LogP) is 2.75. The lowest BCUT2D eigenvalue weighted by Crippen LogP contribution is -2.09. The number of rotatable bonds is 7. The zero-order valence-electron chi connectivity index (χ0n) is 10.4. The summed E-state index contributed by atoms with van der Waals surface area (Å²) in [6.45, 7) is 6.42. The summed E-state index contributed by atoms with van der Waals surface area (Å²) in [5.74, 6) is 0.878. The second-order valence-electron chi connectivity index (χ2n) is 2.77. The third-order valence-electron chi connectivity index (χ3n) is 1.67. The molecule has 0 aliphatic heterocycles. The monoisotopic (exact) mass is 226 g/mol. The molecule has 0 aliphatic rings. The van der Waals surface area contributed by atoms with Gasteiger partial charge in [-0.1, -0.05) is 32.0 Å². The van der Waals surface area contributed by atoms with E-state index >= 15 is 0 Å². The molecular weight excluding hydrogens is 204 g/mol. The van der Waals surface area contributed by atoms with Gasteiger partial charge in [0.1, 0.15) is 12.4 Å². The molecule has 1 aromatic carbocycles.